The van der Waals surface area contributed by atoms with Crippen LogP contribution in [0.3, 0.4) is 0 Å². The van der Waals surface area contributed by atoms with Gasteiger partial charge in [-0.1, -0.05) is 30.3 Å². The zero-order valence-corrected chi connectivity index (χ0v) is 28.1. The molecule has 2 aromatic heterocycles. The van der Waals surface area contributed by atoms with E-state index in [1.165, 1.54) is 30.4 Å². The number of para-hydroxylation sites is 1. The number of hydrogen-bond donors (Lipinski definition) is 0. The summed E-state index contributed by atoms with van der Waals surface area (Å²) < 4.78 is 9.47. The third-order valence-electron chi connectivity index (χ3n) is 9.47. The summed E-state index contributed by atoms with van der Waals surface area (Å²) in [5.41, 5.74) is 8.50. The molecule has 0 aliphatic carbocycles. The Morgan fingerprint density at radius 3 is 2.02 bits per heavy atom. The minimum absolute atomic E-state index is 0.294. The summed E-state index contributed by atoms with van der Waals surface area (Å²) in [6.07, 6.45) is 0. The van der Waals surface area contributed by atoms with E-state index in [1.807, 2.05) is 30.3 Å². The molecule has 10 aromatic rings. The van der Waals surface area contributed by atoms with E-state index in [9.17, 15) is 0 Å². The number of aromatic nitrogens is 1. The van der Waals surface area contributed by atoms with Crippen LogP contribution >= 0.6 is 0 Å². The molecule has 49 heavy (non-hydrogen) atoms. The molecule has 4 heteroatoms. The topological polar surface area (TPSA) is 29.3 Å². The van der Waals surface area contributed by atoms with E-state index in [0.29, 0.717) is 20.4 Å². The third-order valence-corrected chi connectivity index (χ3v) is 12.0. The second-order valence-corrected chi connectivity index (χ2v) is 14.6. The predicted octanol–water partition coefficient (Wildman–Crippen LogP) is 12.3. The molecule has 0 spiro atoms. The van der Waals surface area contributed by atoms with Crippen LogP contribution in [0.2, 0.25) is 0 Å². The summed E-state index contributed by atoms with van der Waals surface area (Å²) in [5.74, 6) is 0.636. The van der Waals surface area contributed by atoms with E-state index in [0.717, 1.165) is 55.3 Å². The van der Waals surface area contributed by atoms with Crippen molar-refractivity contribution >= 4 is 83.5 Å². The zero-order valence-electron chi connectivity index (χ0n) is 26.4. The molecular weight excluding hydrogens is 663 g/mol. The SMILES string of the molecule is c1ccc(-c2nc3ccc4ccc5ccc(N(c6ccccc6)c6ccc(-c7cccc8c7[se]c7ccccc78)cc6)cc5c4c3o2)cc1. The van der Waals surface area contributed by atoms with Crippen molar-refractivity contribution in [1.82, 2.24) is 4.98 Å². The van der Waals surface area contributed by atoms with Crippen LogP contribution in [-0.4, -0.2) is 19.5 Å². The van der Waals surface area contributed by atoms with Crippen LogP contribution in [-0.2, 0) is 0 Å². The number of oxazole rings is 1. The normalized spacial score (nSPS) is 11.7. The first kappa shape index (κ1) is 28.1. The molecule has 2 heterocycles. The fraction of sp³-hybridized carbons (Fsp3) is 0. The van der Waals surface area contributed by atoms with Crippen molar-refractivity contribution in [2.75, 3.05) is 4.90 Å². The van der Waals surface area contributed by atoms with Crippen molar-refractivity contribution in [2.24, 2.45) is 0 Å². The summed E-state index contributed by atoms with van der Waals surface area (Å²) in [4.78, 5) is 7.22. The molecule has 3 nitrogen and oxygen atoms in total. The smallest absolute Gasteiger partial charge is 0.435 e. The Hall–Kier alpha value is -5.93. The van der Waals surface area contributed by atoms with Gasteiger partial charge in [0.2, 0.25) is 5.89 Å². The van der Waals surface area contributed by atoms with Gasteiger partial charge in [0.05, 0.1) is 0 Å². The van der Waals surface area contributed by atoms with Gasteiger partial charge in [-0.3, -0.25) is 0 Å². The fourth-order valence-electron chi connectivity index (χ4n) is 7.14. The number of nitrogens with zero attached hydrogens (tertiary/aromatic N) is 2. The van der Waals surface area contributed by atoms with Crippen LogP contribution in [0.1, 0.15) is 0 Å². The van der Waals surface area contributed by atoms with Crippen molar-refractivity contribution in [3.63, 3.8) is 0 Å². The summed E-state index contributed by atoms with van der Waals surface area (Å²) in [6, 6.07) is 60.7. The number of benzene rings is 8. The van der Waals surface area contributed by atoms with Crippen molar-refractivity contribution < 1.29 is 4.42 Å². The first-order valence-electron chi connectivity index (χ1n) is 16.5. The first-order valence-corrected chi connectivity index (χ1v) is 18.2. The molecule has 0 aliphatic heterocycles. The van der Waals surface area contributed by atoms with E-state index in [-0.39, 0.29) is 0 Å². The zero-order chi connectivity index (χ0) is 32.3. The van der Waals surface area contributed by atoms with Crippen LogP contribution in [0.5, 0.6) is 0 Å². The van der Waals surface area contributed by atoms with Crippen molar-refractivity contribution in [1.29, 1.82) is 0 Å². The predicted molar refractivity (Wildman–Crippen MR) is 207 cm³/mol. The summed E-state index contributed by atoms with van der Waals surface area (Å²) in [6.45, 7) is 0. The van der Waals surface area contributed by atoms with Gasteiger partial charge >= 0.3 is 215 Å². The van der Waals surface area contributed by atoms with Gasteiger partial charge in [-0.25, -0.2) is 4.98 Å². The minimum atomic E-state index is 0.294. The molecule has 0 fully saturated rings. The molecule has 0 N–H and O–H groups in total. The standard InChI is InChI=1S/C45H28N2OSe/c1-3-10-32(11-4-1)45-46-40-27-23-31-19-18-30-22-26-35(28-39(30)42(31)43(40)48-45)47(33-12-5-2-6-13-33)34-24-20-29(21-25-34)36-15-9-16-38-37-14-7-8-17-41(37)49-44(36)38/h1-28H. The molecule has 0 saturated carbocycles. The van der Waals surface area contributed by atoms with Crippen LogP contribution < -0.4 is 4.90 Å². The van der Waals surface area contributed by atoms with Crippen LogP contribution in [0.15, 0.2) is 174 Å². The monoisotopic (exact) mass is 692 g/mol. The molecule has 0 unspecified atom stereocenters. The van der Waals surface area contributed by atoms with Gasteiger partial charge in [0.25, 0.3) is 0 Å². The molecule has 0 aliphatic rings. The van der Waals surface area contributed by atoms with Crippen molar-refractivity contribution in [3.05, 3.63) is 170 Å². The Morgan fingerprint density at radius 2 is 1.16 bits per heavy atom. The molecule has 230 valence electrons. The van der Waals surface area contributed by atoms with Gasteiger partial charge in [-0.15, -0.1) is 0 Å². The van der Waals surface area contributed by atoms with Gasteiger partial charge in [0.15, 0.2) is 0 Å². The summed E-state index contributed by atoms with van der Waals surface area (Å²) >= 11 is 0.294. The van der Waals surface area contributed by atoms with E-state index in [2.05, 4.69) is 144 Å². The molecule has 0 radical (unpaired) electrons. The Balaban J connectivity index is 1.13. The molecule has 0 saturated heterocycles. The number of hydrogen-bond acceptors (Lipinski definition) is 3. The molecular formula is C45H28N2OSe. The van der Waals surface area contributed by atoms with Crippen LogP contribution in [0, 0.1) is 0 Å². The maximum absolute atomic E-state index is 6.53. The average Bonchev–Trinajstić information content (AvgIpc) is 3.78. The Bertz CT molecular complexity index is 2820. The molecule has 0 bridgehead atoms. The van der Waals surface area contributed by atoms with E-state index >= 15 is 0 Å². The van der Waals surface area contributed by atoms with Crippen LogP contribution in [0.4, 0.5) is 17.1 Å². The van der Waals surface area contributed by atoms with Crippen molar-refractivity contribution in [3.8, 4) is 22.6 Å². The van der Waals surface area contributed by atoms with Gasteiger partial charge < -0.3 is 4.42 Å². The molecule has 0 amide bonds. The number of anilines is 3. The van der Waals surface area contributed by atoms with Gasteiger partial charge in [0.1, 0.15) is 5.52 Å². The second kappa shape index (κ2) is 11.3. The third kappa shape index (κ3) is 4.69. The second-order valence-electron chi connectivity index (χ2n) is 12.4. The van der Waals surface area contributed by atoms with Crippen molar-refractivity contribution in [2.45, 2.75) is 0 Å². The van der Waals surface area contributed by atoms with E-state index in [1.54, 1.807) is 0 Å². The summed E-state index contributed by atoms with van der Waals surface area (Å²) in [5, 5.41) is 7.26. The van der Waals surface area contributed by atoms with Crippen LogP contribution in [0.25, 0.3) is 74.5 Å². The Kier molecular flexibility index (Phi) is 6.51. The van der Waals surface area contributed by atoms with Gasteiger partial charge in [-0.05, 0) is 18.2 Å². The first-order chi connectivity index (χ1) is 24.3. The van der Waals surface area contributed by atoms with Gasteiger partial charge in [-0.2, -0.15) is 0 Å². The van der Waals surface area contributed by atoms with E-state index in [4.69, 9.17) is 9.40 Å². The Morgan fingerprint density at radius 1 is 0.490 bits per heavy atom. The Labute approximate surface area is 289 Å². The number of fused-ring (bicyclic) bond motifs is 8. The summed E-state index contributed by atoms with van der Waals surface area (Å²) in [7, 11) is 0. The number of rotatable bonds is 5. The maximum atomic E-state index is 6.53. The fourth-order valence-corrected chi connectivity index (χ4v) is 9.74. The molecule has 10 rings (SSSR count). The molecule has 0 atom stereocenters. The van der Waals surface area contributed by atoms with E-state index < -0.39 is 0 Å². The minimum Gasteiger partial charge on any atom is -0.435 e. The van der Waals surface area contributed by atoms with Gasteiger partial charge in [0, 0.05) is 5.56 Å². The quantitative estimate of drug-likeness (QED) is 0.133. The average molecular weight is 692 g/mol. The molecule has 8 aromatic carbocycles.